The molecule has 5 nitrogen and oxygen atoms in total. The number of benzene rings is 3. The zero-order chi connectivity index (χ0) is 24.2. The van der Waals surface area contributed by atoms with E-state index in [4.69, 9.17) is 9.84 Å². The number of alkyl halides is 3. The first-order chi connectivity index (χ1) is 15.6. The Kier molecular flexibility index (Phi) is 7.06. The molecule has 0 aliphatic heterocycles. The lowest BCUT2D eigenvalue weighted by molar-refractivity contribution is -0.138. The number of carbonyl (C=O) groups is 2. The minimum atomic E-state index is -4.57. The highest BCUT2D eigenvalue weighted by Gasteiger charge is 2.31. The fraction of sp³-hybridized carbons (Fsp3) is 0.200. The maximum absolute atomic E-state index is 13.5. The van der Waals surface area contributed by atoms with E-state index in [1.165, 1.54) is 25.0 Å². The van der Waals surface area contributed by atoms with Crippen LogP contribution in [-0.2, 0) is 28.7 Å². The third-order valence-electron chi connectivity index (χ3n) is 5.12. The third-order valence-corrected chi connectivity index (χ3v) is 5.12. The number of para-hydroxylation sites is 1. The monoisotopic (exact) mass is 457 g/mol. The quantitative estimate of drug-likeness (QED) is 0.504. The Morgan fingerprint density at radius 3 is 2.24 bits per heavy atom. The fourth-order valence-electron chi connectivity index (χ4n) is 3.58. The van der Waals surface area contributed by atoms with Crippen LogP contribution in [0.5, 0.6) is 5.75 Å². The summed E-state index contributed by atoms with van der Waals surface area (Å²) in [4.78, 5) is 24.9. The van der Waals surface area contributed by atoms with Gasteiger partial charge in [0.25, 0.3) is 0 Å². The van der Waals surface area contributed by atoms with Gasteiger partial charge in [0.2, 0.25) is 5.91 Å². The molecule has 0 saturated carbocycles. The number of carboxylic acids is 1. The van der Waals surface area contributed by atoms with Crippen LogP contribution in [0.15, 0.2) is 66.7 Å². The van der Waals surface area contributed by atoms with Crippen LogP contribution in [-0.4, -0.2) is 24.1 Å². The molecule has 0 unspecified atom stereocenters. The highest BCUT2D eigenvalue weighted by Crippen LogP contribution is 2.38. The number of methoxy groups -OCH3 is 1. The number of carboxylic acid groups (broad SMARTS) is 1. The smallest absolute Gasteiger partial charge is 0.416 e. The van der Waals surface area contributed by atoms with E-state index < -0.39 is 17.7 Å². The van der Waals surface area contributed by atoms with Crippen molar-refractivity contribution in [1.82, 2.24) is 0 Å². The van der Waals surface area contributed by atoms with Crippen molar-refractivity contribution in [2.45, 2.75) is 26.1 Å². The molecule has 3 aromatic carbocycles. The van der Waals surface area contributed by atoms with Crippen LogP contribution < -0.4 is 9.64 Å². The van der Waals surface area contributed by atoms with Crippen molar-refractivity contribution in [1.29, 1.82) is 0 Å². The summed E-state index contributed by atoms with van der Waals surface area (Å²) in [7, 11) is 1.42. The van der Waals surface area contributed by atoms with Gasteiger partial charge in [-0.05, 0) is 53.1 Å². The Bertz CT molecular complexity index is 1160. The summed E-state index contributed by atoms with van der Waals surface area (Å²) in [6.07, 6.45) is -4.83. The van der Waals surface area contributed by atoms with Crippen LogP contribution in [0.1, 0.15) is 23.6 Å². The van der Waals surface area contributed by atoms with E-state index in [-0.39, 0.29) is 24.4 Å². The molecule has 0 aliphatic carbocycles. The molecule has 1 amide bonds. The van der Waals surface area contributed by atoms with E-state index in [0.717, 1.165) is 12.1 Å². The molecule has 0 saturated heterocycles. The summed E-state index contributed by atoms with van der Waals surface area (Å²) >= 11 is 0. The van der Waals surface area contributed by atoms with Gasteiger partial charge in [0.15, 0.2) is 0 Å². The number of carbonyl (C=O) groups excluding carboxylic acids is 1. The summed E-state index contributed by atoms with van der Waals surface area (Å²) in [6.45, 7) is 1.22. The van der Waals surface area contributed by atoms with Crippen LogP contribution in [0, 0.1) is 0 Å². The van der Waals surface area contributed by atoms with Crippen LogP contribution in [0.2, 0.25) is 0 Å². The maximum atomic E-state index is 13.5. The lowest BCUT2D eigenvalue weighted by Crippen LogP contribution is -2.28. The van der Waals surface area contributed by atoms with Crippen LogP contribution in [0.25, 0.3) is 11.1 Å². The van der Waals surface area contributed by atoms with Crippen molar-refractivity contribution in [3.05, 3.63) is 83.4 Å². The molecule has 0 radical (unpaired) electrons. The van der Waals surface area contributed by atoms with Crippen molar-refractivity contribution >= 4 is 17.6 Å². The lowest BCUT2D eigenvalue weighted by atomic mass is 9.94. The molecule has 0 bridgehead atoms. The highest BCUT2D eigenvalue weighted by atomic mass is 19.4. The molecule has 33 heavy (non-hydrogen) atoms. The number of amides is 1. The first kappa shape index (κ1) is 23.8. The number of hydrogen-bond donors (Lipinski definition) is 1. The minimum Gasteiger partial charge on any atom is -0.496 e. The van der Waals surface area contributed by atoms with Gasteiger partial charge in [-0.1, -0.05) is 30.3 Å². The minimum absolute atomic E-state index is 0.120. The Balaban J connectivity index is 2.19. The van der Waals surface area contributed by atoms with Gasteiger partial charge < -0.3 is 14.7 Å². The second-order valence-electron chi connectivity index (χ2n) is 7.42. The average molecular weight is 457 g/mol. The summed E-state index contributed by atoms with van der Waals surface area (Å²) in [5.41, 5.74) is 1.26. The largest absolute Gasteiger partial charge is 0.496 e. The van der Waals surface area contributed by atoms with Crippen LogP contribution >= 0.6 is 0 Å². The van der Waals surface area contributed by atoms with Gasteiger partial charge in [0, 0.05) is 18.2 Å². The van der Waals surface area contributed by atoms with E-state index in [0.29, 0.717) is 28.1 Å². The van der Waals surface area contributed by atoms with E-state index in [1.54, 1.807) is 48.5 Å². The second kappa shape index (κ2) is 9.77. The SMILES string of the molecule is COc1ccc(CC(=O)O)cc1-c1ccc(C(F)(F)F)cc1CN(C(C)=O)c1ccccc1. The van der Waals surface area contributed by atoms with E-state index >= 15 is 0 Å². The summed E-state index contributed by atoms with van der Waals surface area (Å²) in [5, 5.41) is 9.14. The van der Waals surface area contributed by atoms with Crippen LogP contribution in [0.3, 0.4) is 0 Å². The molecule has 3 aromatic rings. The Hall–Kier alpha value is -3.81. The first-order valence-electron chi connectivity index (χ1n) is 10.0. The molecule has 0 spiro atoms. The van der Waals surface area contributed by atoms with Crippen LogP contribution in [0.4, 0.5) is 18.9 Å². The van der Waals surface area contributed by atoms with Crippen molar-refractivity contribution in [2.24, 2.45) is 0 Å². The first-order valence-corrected chi connectivity index (χ1v) is 10.0. The fourth-order valence-corrected chi connectivity index (χ4v) is 3.58. The van der Waals surface area contributed by atoms with Gasteiger partial charge in [-0.15, -0.1) is 0 Å². The number of hydrogen-bond acceptors (Lipinski definition) is 3. The number of anilines is 1. The van der Waals surface area contributed by atoms with Gasteiger partial charge in [0.1, 0.15) is 5.75 Å². The van der Waals surface area contributed by atoms with Crippen molar-refractivity contribution in [3.63, 3.8) is 0 Å². The van der Waals surface area contributed by atoms with E-state index in [9.17, 15) is 22.8 Å². The molecule has 172 valence electrons. The third kappa shape index (κ3) is 5.71. The Morgan fingerprint density at radius 1 is 0.970 bits per heavy atom. The van der Waals surface area contributed by atoms with Gasteiger partial charge >= 0.3 is 12.1 Å². The summed E-state index contributed by atoms with van der Waals surface area (Å²) < 4.78 is 45.9. The predicted octanol–water partition coefficient (Wildman–Crippen LogP) is 5.56. The predicted molar refractivity (Wildman–Crippen MR) is 118 cm³/mol. The second-order valence-corrected chi connectivity index (χ2v) is 7.42. The highest BCUT2D eigenvalue weighted by molar-refractivity contribution is 5.92. The van der Waals surface area contributed by atoms with Crippen molar-refractivity contribution in [2.75, 3.05) is 12.0 Å². The Labute approximate surface area is 189 Å². The number of aliphatic carboxylic acids is 1. The zero-order valence-corrected chi connectivity index (χ0v) is 18.0. The summed E-state index contributed by atoms with van der Waals surface area (Å²) in [5.74, 6) is -0.999. The maximum Gasteiger partial charge on any atom is 0.416 e. The molecule has 3 rings (SSSR count). The number of rotatable bonds is 7. The zero-order valence-electron chi connectivity index (χ0n) is 18.0. The number of nitrogens with zero attached hydrogens (tertiary/aromatic N) is 1. The molecule has 0 heterocycles. The standard InChI is InChI=1S/C25H22F3NO4/c1-16(30)29(20-6-4-3-5-7-20)15-18-14-19(25(26,27)28)9-10-21(18)22-12-17(13-24(31)32)8-11-23(22)33-2/h3-12,14H,13,15H2,1-2H3,(H,31,32). The molecule has 0 atom stereocenters. The topological polar surface area (TPSA) is 66.8 Å². The van der Waals surface area contributed by atoms with Gasteiger partial charge in [-0.3, -0.25) is 9.59 Å². The molecule has 0 aliphatic rings. The van der Waals surface area contributed by atoms with Gasteiger partial charge in [0.05, 0.1) is 25.6 Å². The number of ether oxygens (including phenoxy) is 1. The lowest BCUT2D eigenvalue weighted by Gasteiger charge is -2.24. The molecule has 0 fully saturated rings. The molecular formula is C25H22F3NO4. The van der Waals surface area contributed by atoms with E-state index in [2.05, 4.69) is 0 Å². The Morgan fingerprint density at radius 2 is 1.67 bits per heavy atom. The molecule has 1 N–H and O–H groups in total. The van der Waals surface area contributed by atoms with Gasteiger partial charge in [-0.25, -0.2) is 0 Å². The van der Waals surface area contributed by atoms with Crippen molar-refractivity contribution in [3.8, 4) is 16.9 Å². The number of halogens is 3. The van der Waals surface area contributed by atoms with Crippen molar-refractivity contribution < 1.29 is 32.6 Å². The molecule has 0 aromatic heterocycles. The molecular weight excluding hydrogens is 435 g/mol. The molecule has 8 heteroatoms. The van der Waals surface area contributed by atoms with E-state index in [1.807, 2.05) is 0 Å². The normalized spacial score (nSPS) is 11.2. The average Bonchev–Trinajstić information content (AvgIpc) is 2.76. The summed E-state index contributed by atoms with van der Waals surface area (Å²) in [6, 6.07) is 16.7. The van der Waals surface area contributed by atoms with Gasteiger partial charge in [-0.2, -0.15) is 13.2 Å².